The average Bonchev–Trinajstić information content (AvgIpc) is 2.19. The molecule has 0 aliphatic heterocycles. The van der Waals surface area contributed by atoms with Gasteiger partial charge in [-0.1, -0.05) is 0 Å². The van der Waals surface area contributed by atoms with Gasteiger partial charge in [-0.2, -0.15) is 0 Å². The van der Waals surface area contributed by atoms with E-state index in [0.29, 0.717) is 0 Å². The van der Waals surface area contributed by atoms with Crippen molar-refractivity contribution >= 4 is 30.9 Å². The Morgan fingerprint density at radius 3 is 1.93 bits per heavy atom. The number of rotatable bonds is 4. The Morgan fingerprint density at radius 1 is 1.13 bits per heavy atom. The zero-order chi connectivity index (χ0) is 11.5. The molecule has 1 rings (SSSR count). The molecular formula is C11H16NNiS2. The average molecular weight is 285 g/mol. The van der Waals surface area contributed by atoms with Crippen molar-refractivity contribution in [1.29, 1.82) is 0 Å². The van der Waals surface area contributed by atoms with Crippen LogP contribution < -0.4 is 4.90 Å². The Labute approximate surface area is 111 Å². The van der Waals surface area contributed by atoms with E-state index >= 15 is 0 Å². The number of nitrogens with zero attached hydrogens (tertiary/aromatic N) is 1. The summed E-state index contributed by atoms with van der Waals surface area (Å²) in [6.07, 6.45) is 0. The molecule has 0 aromatic heterocycles. The van der Waals surface area contributed by atoms with E-state index in [0.717, 1.165) is 18.7 Å². The predicted molar refractivity (Wildman–Crippen MR) is 69.7 cm³/mol. The van der Waals surface area contributed by atoms with Crippen LogP contribution in [0.25, 0.3) is 0 Å². The Morgan fingerprint density at radius 2 is 1.60 bits per heavy atom. The van der Waals surface area contributed by atoms with E-state index in [9.17, 15) is 0 Å². The van der Waals surface area contributed by atoms with Crippen LogP contribution in [0.1, 0.15) is 19.4 Å². The van der Waals surface area contributed by atoms with Crippen LogP contribution in [0.4, 0.5) is 5.69 Å². The first kappa shape index (κ1) is 13.3. The fourth-order valence-electron chi connectivity index (χ4n) is 1.46. The molecule has 0 bridgehead atoms. The molecule has 0 saturated carbocycles. The van der Waals surface area contributed by atoms with E-state index in [1.54, 1.807) is 0 Å². The summed E-state index contributed by atoms with van der Waals surface area (Å²) in [6, 6.07) is 8.14. The van der Waals surface area contributed by atoms with Crippen LogP contribution >= 0.6 is 25.3 Å². The van der Waals surface area contributed by atoms with Crippen molar-refractivity contribution in [1.82, 2.24) is 0 Å². The van der Waals surface area contributed by atoms with Crippen molar-refractivity contribution in [2.24, 2.45) is 0 Å². The Bertz CT molecular complexity index is 301. The van der Waals surface area contributed by atoms with Crippen molar-refractivity contribution < 1.29 is 15.5 Å². The Kier molecular flexibility index (Phi) is 4.88. The molecule has 4 heteroatoms. The standard InChI is InChI=1S/C11H16NS2.Ni/c1-3-12(4-2)10-7-5-9(6-8-10)11(13)14;/h5-8,13-14H,3-4H2,1-2H3;. The fraction of sp³-hybridized carbons (Fsp3) is 0.455. The van der Waals surface area contributed by atoms with E-state index in [-0.39, 0.29) is 0 Å². The maximum absolute atomic E-state index is 4.82. The van der Waals surface area contributed by atoms with E-state index in [1.807, 2.05) is 12.1 Å². The first-order valence-electron chi connectivity index (χ1n) is 4.95. The maximum atomic E-state index is 4.82. The van der Waals surface area contributed by atoms with Gasteiger partial charge in [0.05, 0.1) is 0 Å². The Hall–Kier alpha value is 0.214. The molecule has 0 fully saturated rings. The van der Waals surface area contributed by atoms with Crippen molar-refractivity contribution in [2.75, 3.05) is 18.0 Å². The normalized spacial score (nSPS) is 11.6. The van der Waals surface area contributed by atoms with Crippen LogP contribution in [0, 0.1) is 0 Å². The second kappa shape index (κ2) is 5.51. The van der Waals surface area contributed by atoms with Gasteiger partial charge < -0.3 is 0 Å². The number of thiol groups is 2. The molecule has 0 saturated heterocycles. The molecule has 87 valence electrons. The number of hydrogen-bond acceptors (Lipinski definition) is 3. The summed E-state index contributed by atoms with van der Waals surface area (Å²) in [5.41, 5.74) is 2.18. The van der Waals surface area contributed by atoms with Gasteiger partial charge in [-0.3, -0.25) is 0 Å². The topological polar surface area (TPSA) is 3.24 Å². The van der Waals surface area contributed by atoms with Gasteiger partial charge in [0, 0.05) is 0 Å². The van der Waals surface area contributed by atoms with Gasteiger partial charge in [-0.05, 0) is 0 Å². The minimum atomic E-state index is -0.734. The molecule has 0 heterocycles. The van der Waals surface area contributed by atoms with Gasteiger partial charge in [-0.15, -0.1) is 0 Å². The van der Waals surface area contributed by atoms with Crippen molar-refractivity contribution in [3.8, 4) is 0 Å². The molecule has 0 radical (unpaired) electrons. The van der Waals surface area contributed by atoms with Crippen LogP contribution in [-0.2, 0) is 18.5 Å². The van der Waals surface area contributed by atoms with E-state index in [1.165, 1.54) is 5.69 Å². The summed E-state index contributed by atoms with van der Waals surface area (Å²) in [6.45, 7) is 6.32. The predicted octanol–water partition coefficient (Wildman–Crippen LogP) is 3.05. The van der Waals surface area contributed by atoms with Crippen molar-refractivity contribution in [3.05, 3.63) is 29.8 Å². The van der Waals surface area contributed by atoms with Gasteiger partial charge >= 0.3 is 111 Å². The zero-order valence-electron chi connectivity index (χ0n) is 8.88. The second-order valence-electron chi connectivity index (χ2n) is 3.26. The molecule has 1 aromatic rings. The third-order valence-corrected chi connectivity index (χ3v) is 3.15. The first-order valence-corrected chi connectivity index (χ1v) is 6.34. The SMILES string of the molecule is CCN(CC)c1ccc([C](S)(S)[Ni])cc1. The number of benzene rings is 1. The third-order valence-electron chi connectivity index (χ3n) is 2.35. The molecule has 0 aliphatic carbocycles. The summed E-state index contributed by atoms with van der Waals surface area (Å²) >= 11 is 13.3. The van der Waals surface area contributed by atoms with Crippen LogP contribution in [0.5, 0.6) is 0 Å². The van der Waals surface area contributed by atoms with Gasteiger partial charge in [0.1, 0.15) is 0 Å². The number of anilines is 1. The monoisotopic (exact) mass is 284 g/mol. The van der Waals surface area contributed by atoms with Crippen LogP contribution in [0.15, 0.2) is 24.3 Å². The van der Waals surface area contributed by atoms with Crippen LogP contribution in [0.2, 0.25) is 0 Å². The molecule has 0 atom stereocenters. The summed E-state index contributed by atoms with van der Waals surface area (Å²) < 4.78 is -0.734. The zero-order valence-corrected chi connectivity index (χ0v) is 11.7. The third kappa shape index (κ3) is 3.62. The molecule has 0 amide bonds. The molecule has 15 heavy (non-hydrogen) atoms. The van der Waals surface area contributed by atoms with Gasteiger partial charge in [0.25, 0.3) is 0 Å². The summed E-state index contributed by atoms with van der Waals surface area (Å²) in [4.78, 5) is 2.29. The van der Waals surface area contributed by atoms with Crippen molar-refractivity contribution in [3.63, 3.8) is 0 Å². The molecule has 0 N–H and O–H groups in total. The van der Waals surface area contributed by atoms with E-state index < -0.39 is 3.05 Å². The molecule has 0 spiro atoms. The minimum absolute atomic E-state index is 0.734. The van der Waals surface area contributed by atoms with E-state index in [4.69, 9.17) is 15.5 Å². The summed E-state index contributed by atoms with van der Waals surface area (Å²) in [5.74, 6) is 0. The van der Waals surface area contributed by atoms with Gasteiger partial charge in [0.2, 0.25) is 0 Å². The quantitative estimate of drug-likeness (QED) is 0.488. The molecule has 1 aromatic carbocycles. The molecule has 0 aliphatic rings. The van der Waals surface area contributed by atoms with Crippen LogP contribution in [0.3, 0.4) is 0 Å². The van der Waals surface area contributed by atoms with Crippen LogP contribution in [-0.4, -0.2) is 13.1 Å². The van der Waals surface area contributed by atoms with Gasteiger partial charge in [-0.25, -0.2) is 0 Å². The molecular weight excluding hydrogens is 269 g/mol. The van der Waals surface area contributed by atoms with E-state index in [2.05, 4.69) is 56.1 Å². The Balaban J connectivity index is 2.89. The first-order chi connectivity index (χ1) is 6.99. The second-order valence-corrected chi connectivity index (χ2v) is 6.37. The number of hydrogen-bond donors (Lipinski definition) is 2. The van der Waals surface area contributed by atoms with Crippen molar-refractivity contribution in [2.45, 2.75) is 16.9 Å². The van der Waals surface area contributed by atoms with Gasteiger partial charge in [0.15, 0.2) is 0 Å². The summed E-state index contributed by atoms with van der Waals surface area (Å²) in [5, 5.41) is 0. The fourth-order valence-corrected chi connectivity index (χ4v) is 1.93. The molecule has 0 unspecified atom stereocenters. The molecule has 1 nitrogen and oxygen atoms in total. The summed E-state index contributed by atoms with van der Waals surface area (Å²) in [7, 11) is 0.